The fourth-order valence-corrected chi connectivity index (χ4v) is 3.43. The Morgan fingerprint density at radius 1 is 1.11 bits per heavy atom. The van der Waals surface area contributed by atoms with Crippen molar-refractivity contribution in [1.29, 1.82) is 0 Å². The zero-order chi connectivity index (χ0) is 20.0. The lowest BCUT2D eigenvalue weighted by Crippen LogP contribution is -2.29. The standard InChI is InChI=1S/C20H26N2O4S/c1-15(17-8-10-18(26-4)11-9-17)22(3)20(23)14-7-16-5-12-19(13-6-16)27(24,25)21-2/h5-6,8-13,15,21H,7,14H2,1-4H3. The van der Waals surface area contributed by atoms with Crippen molar-refractivity contribution in [3.8, 4) is 5.75 Å². The Kier molecular flexibility index (Phi) is 6.98. The number of benzene rings is 2. The summed E-state index contributed by atoms with van der Waals surface area (Å²) in [6.45, 7) is 1.98. The molecule has 146 valence electrons. The highest BCUT2D eigenvalue weighted by molar-refractivity contribution is 7.89. The molecule has 1 N–H and O–H groups in total. The molecule has 0 aliphatic carbocycles. The molecule has 0 aromatic heterocycles. The fraction of sp³-hybridized carbons (Fsp3) is 0.350. The van der Waals surface area contributed by atoms with Crippen LogP contribution in [0, 0.1) is 0 Å². The number of hydrogen-bond donors (Lipinski definition) is 1. The number of nitrogens with one attached hydrogen (secondary N) is 1. The van der Waals surface area contributed by atoms with Gasteiger partial charge in [-0.2, -0.15) is 0 Å². The number of ether oxygens (including phenoxy) is 1. The summed E-state index contributed by atoms with van der Waals surface area (Å²) in [5.41, 5.74) is 1.96. The number of carbonyl (C=O) groups is 1. The van der Waals surface area contributed by atoms with Crippen molar-refractivity contribution >= 4 is 15.9 Å². The molecule has 0 fully saturated rings. The molecule has 0 bridgehead atoms. The molecule has 7 heteroatoms. The van der Waals surface area contributed by atoms with E-state index in [4.69, 9.17) is 4.74 Å². The number of sulfonamides is 1. The molecule has 0 aliphatic heterocycles. The number of amides is 1. The van der Waals surface area contributed by atoms with Crippen LogP contribution in [-0.2, 0) is 21.2 Å². The Morgan fingerprint density at radius 3 is 2.22 bits per heavy atom. The Hall–Kier alpha value is -2.38. The molecule has 1 amide bonds. The largest absolute Gasteiger partial charge is 0.497 e. The van der Waals surface area contributed by atoms with Gasteiger partial charge in [-0.1, -0.05) is 24.3 Å². The first-order chi connectivity index (χ1) is 12.8. The second-order valence-electron chi connectivity index (χ2n) is 6.31. The van der Waals surface area contributed by atoms with Crippen LogP contribution in [0.5, 0.6) is 5.75 Å². The van der Waals surface area contributed by atoms with Crippen molar-refractivity contribution in [2.75, 3.05) is 21.2 Å². The summed E-state index contributed by atoms with van der Waals surface area (Å²) in [6.07, 6.45) is 0.910. The van der Waals surface area contributed by atoms with Crippen molar-refractivity contribution in [1.82, 2.24) is 9.62 Å². The number of rotatable bonds is 8. The number of carbonyl (C=O) groups excluding carboxylic acids is 1. The van der Waals surface area contributed by atoms with Crippen LogP contribution in [0.25, 0.3) is 0 Å². The minimum atomic E-state index is -3.44. The van der Waals surface area contributed by atoms with Crippen molar-refractivity contribution in [3.63, 3.8) is 0 Å². The van der Waals surface area contributed by atoms with Crippen LogP contribution >= 0.6 is 0 Å². The first-order valence-electron chi connectivity index (χ1n) is 8.70. The Morgan fingerprint density at radius 2 is 1.70 bits per heavy atom. The summed E-state index contributed by atoms with van der Waals surface area (Å²) in [7, 11) is 1.35. The van der Waals surface area contributed by atoms with Gasteiger partial charge in [-0.25, -0.2) is 13.1 Å². The molecule has 2 aromatic carbocycles. The SMILES string of the molecule is CNS(=O)(=O)c1ccc(CCC(=O)N(C)C(C)c2ccc(OC)cc2)cc1. The maximum atomic E-state index is 12.5. The first-order valence-corrected chi connectivity index (χ1v) is 10.2. The molecule has 2 rings (SSSR count). The van der Waals surface area contributed by atoms with Crippen LogP contribution in [0.4, 0.5) is 0 Å². The Bertz CT molecular complexity index is 862. The molecule has 6 nitrogen and oxygen atoms in total. The monoisotopic (exact) mass is 390 g/mol. The average Bonchev–Trinajstić information content (AvgIpc) is 2.71. The van der Waals surface area contributed by atoms with Crippen LogP contribution in [0.2, 0.25) is 0 Å². The highest BCUT2D eigenvalue weighted by Crippen LogP contribution is 2.22. The van der Waals surface area contributed by atoms with Gasteiger partial charge in [-0.3, -0.25) is 4.79 Å². The van der Waals surface area contributed by atoms with E-state index in [0.717, 1.165) is 16.9 Å². The third kappa shape index (κ3) is 5.30. The lowest BCUT2D eigenvalue weighted by Gasteiger charge is -2.25. The van der Waals surface area contributed by atoms with Gasteiger partial charge in [-0.05, 0) is 55.8 Å². The van der Waals surface area contributed by atoms with Crippen molar-refractivity contribution in [2.24, 2.45) is 0 Å². The summed E-state index contributed by atoms with van der Waals surface area (Å²) < 4.78 is 30.9. The molecule has 0 radical (unpaired) electrons. The summed E-state index contributed by atoms with van der Waals surface area (Å²) in [6, 6.07) is 14.2. The summed E-state index contributed by atoms with van der Waals surface area (Å²) >= 11 is 0. The molecule has 0 aliphatic rings. The lowest BCUT2D eigenvalue weighted by atomic mass is 10.1. The van der Waals surface area contributed by atoms with Gasteiger partial charge in [-0.15, -0.1) is 0 Å². The van der Waals surface area contributed by atoms with E-state index in [-0.39, 0.29) is 16.8 Å². The minimum Gasteiger partial charge on any atom is -0.497 e. The second-order valence-corrected chi connectivity index (χ2v) is 8.19. The Balaban J connectivity index is 1.95. The maximum Gasteiger partial charge on any atom is 0.240 e. The number of aryl methyl sites for hydroxylation is 1. The third-order valence-electron chi connectivity index (χ3n) is 4.70. The molecule has 1 unspecified atom stereocenters. The molecule has 0 heterocycles. The molecule has 27 heavy (non-hydrogen) atoms. The van der Waals surface area contributed by atoms with Crippen molar-refractivity contribution < 1.29 is 17.9 Å². The van der Waals surface area contributed by atoms with Gasteiger partial charge in [0.1, 0.15) is 5.75 Å². The molecule has 0 saturated carbocycles. The fourth-order valence-electron chi connectivity index (χ4n) is 2.70. The average molecular weight is 391 g/mol. The van der Waals surface area contributed by atoms with E-state index >= 15 is 0 Å². The van der Waals surface area contributed by atoms with Gasteiger partial charge in [0, 0.05) is 13.5 Å². The zero-order valence-corrected chi connectivity index (χ0v) is 16.9. The van der Waals surface area contributed by atoms with Crippen LogP contribution in [0.1, 0.15) is 30.5 Å². The van der Waals surface area contributed by atoms with E-state index in [1.807, 2.05) is 31.2 Å². The van der Waals surface area contributed by atoms with Gasteiger partial charge in [0.2, 0.25) is 15.9 Å². The lowest BCUT2D eigenvalue weighted by molar-refractivity contribution is -0.131. The normalized spacial score (nSPS) is 12.4. The summed E-state index contributed by atoms with van der Waals surface area (Å²) in [5.74, 6) is 0.814. The molecule has 2 aromatic rings. The predicted octanol–water partition coefficient (Wildman–Crippen LogP) is 2.76. The molecule has 0 saturated heterocycles. The van der Waals surface area contributed by atoms with Gasteiger partial charge >= 0.3 is 0 Å². The smallest absolute Gasteiger partial charge is 0.240 e. The molecular weight excluding hydrogens is 364 g/mol. The molecular formula is C20H26N2O4S. The molecule has 0 spiro atoms. The summed E-state index contributed by atoms with van der Waals surface area (Å²) in [4.78, 5) is 14.5. The van der Waals surface area contributed by atoms with Crippen LogP contribution in [0.15, 0.2) is 53.4 Å². The van der Waals surface area contributed by atoms with Gasteiger partial charge in [0.25, 0.3) is 0 Å². The highest BCUT2D eigenvalue weighted by atomic mass is 32.2. The predicted molar refractivity (Wildman–Crippen MR) is 105 cm³/mol. The zero-order valence-electron chi connectivity index (χ0n) is 16.1. The van der Waals surface area contributed by atoms with Gasteiger partial charge in [0.15, 0.2) is 0 Å². The number of methoxy groups -OCH3 is 1. The topological polar surface area (TPSA) is 75.7 Å². The van der Waals surface area contributed by atoms with Crippen molar-refractivity contribution in [2.45, 2.75) is 30.7 Å². The van der Waals surface area contributed by atoms with E-state index in [0.29, 0.717) is 12.8 Å². The van der Waals surface area contributed by atoms with E-state index in [1.165, 1.54) is 7.05 Å². The van der Waals surface area contributed by atoms with E-state index in [2.05, 4.69) is 4.72 Å². The van der Waals surface area contributed by atoms with E-state index in [1.54, 1.807) is 43.3 Å². The highest BCUT2D eigenvalue weighted by Gasteiger charge is 2.17. The molecule has 1 atom stereocenters. The van der Waals surface area contributed by atoms with Crippen LogP contribution in [0.3, 0.4) is 0 Å². The number of nitrogens with zero attached hydrogens (tertiary/aromatic N) is 1. The number of hydrogen-bond acceptors (Lipinski definition) is 4. The van der Waals surface area contributed by atoms with Crippen LogP contribution in [-0.4, -0.2) is 40.4 Å². The maximum absolute atomic E-state index is 12.5. The summed E-state index contributed by atoms with van der Waals surface area (Å²) in [5, 5.41) is 0. The van der Waals surface area contributed by atoms with Crippen LogP contribution < -0.4 is 9.46 Å². The Labute approximate surface area is 161 Å². The third-order valence-corrected chi connectivity index (χ3v) is 6.13. The quantitative estimate of drug-likeness (QED) is 0.752. The van der Waals surface area contributed by atoms with E-state index < -0.39 is 10.0 Å². The first kappa shape index (κ1) is 20.9. The van der Waals surface area contributed by atoms with Gasteiger partial charge < -0.3 is 9.64 Å². The second kappa shape index (κ2) is 9.01. The van der Waals surface area contributed by atoms with Gasteiger partial charge in [0.05, 0.1) is 18.0 Å². The minimum absolute atomic E-state index is 0.0326. The van der Waals surface area contributed by atoms with E-state index in [9.17, 15) is 13.2 Å². The van der Waals surface area contributed by atoms with Crippen molar-refractivity contribution in [3.05, 3.63) is 59.7 Å².